The van der Waals surface area contributed by atoms with Gasteiger partial charge < -0.3 is 39.4 Å². The van der Waals surface area contributed by atoms with E-state index in [-0.39, 0.29) is 34.8 Å². The molecule has 0 aliphatic carbocycles. The molecule has 0 spiro atoms. The van der Waals surface area contributed by atoms with E-state index in [2.05, 4.69) is 20.0 Å². The molecule has 50 heavy (non-hydrogen) atoms. The SMILES string of the molecule is COc1nc(N)nc2c1nc(I)n2C1O[C@H](COP(=O)(N[C@H](C(=O)OC2CCOCC2)C(C)C)Oc2cccc3ccccc23)[C@@H](O)[C@@]1(C)O. The minimum Gasteiger partial charge on any atom is -0.479 e. The van der Waals surface area contributed by atoms with Crippen LogP contribution in [0.3, 0.4) is 0 Å². The predicted octanol–water partition coefficient (Wildman–Crippen LogP) is 3.72. The largest absolute Gasteiger partial charge is 0.479 e. The molecule has 6 rings (SSSR count). The second-order valence-corrected chi connectivity index (χ2v) is 15.3. The van der Waals surface area contributed by atoms with Crippen LogP contribution in [0.25, 0.3) is 21.9 Å². The Bertz CT molecular complexity index is 1900. The fourth-order valence-corrected chi connectivity index (χ4v) is 8.39. The third-order valence-electron chi connectivity index (χ3n) is 8.71. The number of fused-ring (bicyclic) bond motifs is 2. The number of carbonyl (C=O) groups excluding carboxylic acids is 1. The number of carbonyl (C=O) groups is 1. The minimum absolute atomic E-state index is 0.0994. The quantitative estimate of drug-likeness (QED) is 0.0694. The monoisotopic (exact) mass is 826 g/mol. The lowest BCUT2D eigenvalue weighted by Gasteiger charge is -2.30. The topological polar surface area (TPSA) is 212 Å². The zero-order valence-corrected chi connectivity index (χ0v) is 30.9. The number of aromatic nitrogens is 4. The molecular formula is C32H40IN6O10P. The molecular weight excluding hydrogens is 786 g/mol. The van der Waals surface area contributed by atoms with E-state index in [9.17, 15) is 19.6 Å². The van der Waals surface area contributed by atoms with Gasteiger partial charge in [0.15, 0.2) is 21.2 Å². The van der Waals surface area contributed by atoms with E-state index in [1.165, 1.54) is 18.6 Å². The Morgan fingerprint density at radius 3 is 2.62 bits per heavy atom. The minimum atomic E-state index is -4.45. The Kier molecular flexibility index (Phi) is 10.9. The van der Waals surface area contributed by atoms with Crippen LogP contribution in [0.5, 0.6) is 11.6 Å². The average molecular weight is 827 g/mol. The van der Waals surface area contributed by atoms with E-state index < -0.39 is 56.3 Å². The summed E-state index contributed by atoms with van der Waals surface area (Å²) in [7, 11) is -3.04. The number of nitrogens with one attached hydrogen (secondary N) is 1. The highest BCUT2D eigenvalue weighted by atomic mass is 127. The summed E-state index contributed by atoms with van der Waals surface area (Å²) < 4.78 is 51.4. The third-order valence-corrected chi connectivity index (χ3v) is 11.0. The van der Waals surface area contributed by atoms with Gasteiger partial charge in [0.1, 0.15) is 35.7 Å². The lowest BCUT2D eigenvalue weighted by Crippen LogP contribution is -2.45. The van der Waals surface area contributed by atoms with Gasteiger partial charge in [-0.3, -0.25) is 13.9 Å². The zero-order valence-electron chi connectivity index (χ0n) is 27.9. The molecule has 16 nitrogen and oxygen atoms in total. The summed E-state index contributed by atoms with van der Waals surface area (Å²) in [4.78, 5) is 26.3. The molecule has 0 radical (unpaired) electrons. The summed E-state index contributed by atoms with van der Waals surface area (Å²) in [5, 5.41) is 27.3. The molecule has 2 aliphatic heterocycles. The fraction of sp³-hybridized carbons (Fsp3) is 0.500. The molecule has 5 N–H and O–H groups in total. The molecule has 0 amide bonds. The maximum atomic E-state index is 14.8. The molecule has 0 bridgehead atoms. The van der Waals surface area contributed by atoms with E-state index in [0.717, 1.165) is 5.39 Å². The maximum Gasteiger partial charge on any atom is 0.459 e. The number of hydrogen-bond donors (Lipinski definition) is 4. The Morgan fingerprint density at radius 2 is 1.90 bits per heavy atom. The highest BCUT2D eigenvalue weighted by molar-refractivity contribution is 14.1. The summed E-state index contributed by atoms with van der Waals surface area (Å²) in [5.74, 6) is -0.748. The summed E-state index contributed by atoms with van der Waals surface area (Å²) in [5.41, 5.74) is 4.47. The van der Waals surface area contributed by atoms with E-state index in [4.69, 9.17) is 33.7 Å². The van der Waals surface area contributed by atoms with Gasteiger partial charge in [-0.15, -0.1) is 0 Å². The molecule has 2 aromatic heterocycles. The van der Waals surface area contributed by atoms with Crippen molar-refractivity contribution in [1.82, 2.24) is 24.6 Å². The van der Waals surface area contributed by atoms with Crippen molar-refractivity contribution in [2.45, 2.75) is 69.8 Å². The van der Waals surface area contributed by atoms with Crippen LogP contribution < -0.4 is 20.1 Å². The second-order valence-electron chi connectivity index (χ2n) is 12.7. The summed E-state index contributed by atoms with van der Waals surface area (Å²) in [6.45, 7) is 5.36. The van der Waals surface area contributed by atoms with Crippen LogP contribution in [-0.2, 0) is 28.1 Å². The Hall–Kier alpha value is -3.16. The van der Waals surface area contributed by atoms with Crippen molar-refractivity contribution >= 4 is 64.2 Å². The van der Waals surface area contributed by atoms with Gasteiger partial charge in [-0.1, -0.05) is 50.2 Å². The zero-order chi connectivity index (χ0) is 35.8. The molecule has 4 heterocycles. The van der Waals surface area contributed by atoms with Gasteiger partial charge in [0.25, 0.3) is 0 Å². The Morgan fingerprint density at radius 1 is 1.18 bits per heavy atom. The molecule has 6 atom stereocenters. The third kappa shape index (κ3) is 7.41. The van der Waals surface area contributed by atoms with Crippen LogP contribution in [0.15, 0.2) is 42.5 Å². The van der Waals surface area contributed by atoms with Gasteiger partial charge in [-0.05, 0) is 24.3 Å². The van der Waals surface area contributed by atoms with Gasteiger partial charge in [-0.2, -0.15) is 15.1 Å². The number of aliphatic hydroxyl groups is 2. The Labute approximate surface area is 301 Å². The number of methoxy groups -OCH3 is 1. The average Bonchev–Trinajstić information content (AvgIpc) is 3.52. The van der Waals surface area contributed by atoms with Gasteiger partial charge in [0, 0.05) is 40.8 Å². The smallest absolute Gasteiger partial charge is 0.459 e. The van der Waals surface area contributed by atoms with Crippen LogP contribution in [0.4, 0.5) is 5.95 Å². The molecule has 18 heteroatoms. The normalized spacial score (nSPS) is 24.8. The van der Waals surface area contributed by atoms with Crippen molar-refractivity contribution in [1.29, 1.82) is 0 Å². The van der Waals surface area contributed by atoms with Crippen molar-refractivity contribution < 1.29 is 47.6 Å². The number of ether oxygens (including phenoxy) is 4. The number of nitrogen functional groups attached to an aromatic ring is 1. The molecule has 4 aromatic rings. The van der Waals surface area contributed by atoms with Crippen LogP contribution in [0.2, 0.25) is 0 Å². The second kappa shape index (κ2) is 14.8. The molecule has 2 aliphatic rings. The van der Waals surface area contributed by atoms with Crippen LogP contribution in [0, 0.1) is 9.75 Å². The van der Waals surface area contributed by atoms with Gasteiger partial charge in [0.05, 0.1) is 26.9 Å². The maximum absolute atomic E-state index is 14.8. The standard InChI is InChI=1S/C32H40IN6O10P/c1-17(2)23(28(41)47-19-12-14-45-15-13-19)38-50(43,49-21-11-7-9-18-8-5-6-10-20(18)21)46-16-22-25(40)32(3,42)29(48-22)39-26-24(35-30(39)33)27(44-4)37-31(34)36-26/h5-11,17,19,22-23,25,29,40,42H,12-16H2,1-4H3,(H,38,43)(H2,34,36,37)/t22-,23+,25-,29?,32-,50?/m1/s1. The first-order valence-corrected chi connectivity index (χ1v) is 18.7. The molecule has 270 valence electrons. The number of aliphatic hydroxyl groups excluding tert-OH is 1. The number of nitrogens with zero attached hydrogens (tertiary/aromatic N) is 4. The molecule has 2 saturated heterocycles. The van der Waals surface area contributed by atoms with Crippen molar-refractivity contribution in [2.24, 2.45) is 5.92 Å². The molecule has 0 saturated carbocycles. The molecule has 2 fully saturated rings. The number of anilines is 1. The molecule has 2 unspecified atom stereocenters. The van der Waals surface area contributed by atoms with E-state index in [1.807, 2.05) is 52.9 Å². The lowest BCUT2D eigenvalue weighted by molar-refractivity contribution is -0.156. The number of nitrogens with two attached hydrogens (primary N) is 1. The first-order valence-electron chi connectivity index (χ1n) is 16.1. The summed E-state index contributed by atoms with van der Waals surface area (Å²) in [6.07, 6.45) is -3.28. The number of esters is 1. The first kappa shape index (κ1) is 36.6. The summed E-state index contributed by atoms with van der Waals surface area (Å²) >= 11 is 1.94. The lowest BCUT2D eigenvalue weighted by atomic mass is 9.96. The van der Waals surface area contributed by atoms with E-state index in [1.54, 1.807) is 26.0 Å². The number of halogens is 1. The number of hydrogen-bond acceptors (Lipinski definition) is 14. The van der Waals surface area contributed by atoms with Gasteiger partial charge in [0.2, 0.25) is 11.8 Å². The van der Waals surface area contributed by atoms with Gasteiger partial charge >= 0.3 is 13.7 Å². The van der Waals surface area contributed by atoms with Crippen molar-refractivity contribution in [3.05, 3.63) is 46.3 Å². The number of rotatable bonds is 12. The summed E-state index contributed by atoms with van der Waals surface area (Å²) in [6, 6.07) is 11.5. The highest BCUT2D eigenvalue weighted by Gasteiger charge is 2.55. The van der Waals surface area contributed by atoms with Crippen molar-refractivity contribution in [3.8, 4) is 11.6 Å². The van der Waals surface area contributed by atoms with Crippen LogP contribution in [0.1, 0.15) is 39.8 Å². The predicted molar refractivity (Wildman–Crippen MR) is 189 cm³/mol. The van der Waals surface area contributed by atoms with Crippen LogP contribution >= 0.6 is 30.3 Å². The van der Waals surface area contributed by atoms with Crippen LogP contribution in [-0.4, -0.2) is 92.6 Å². The number of imidazole rings is 1. The number of benzene rings is 2. The first-order chi connectivity index (χ1) is 23.8. The van der Waals surface area contributed by atoms with Crippen molar-refractivity contribution in [2.75, 3.05) is 32.7 Å². The van der Waals surface area contributed by atoms with E-state index >= 15 is 0 Å². The highest BCUT2D eigenvalue weighted by Crippen LogP contribution is 2.49. The molecule has 2 aromatic carbocycles. The van der Waals surface area contributed by atoms with Gasteiger partial charge in [-0.25, -0.2) is 9.55 Å². The van der Waals surface area contributed by atoms with Crippen molar-refractivity contribution in [3.63, 3.8) is 0 Å². The van der Waals surface area contributed by atoms with E-state index in [0.29, 0.717) is 35.3 Å². The Balaban J connectivity index is 1.29. The fourth-order valence-electron chi connectivity index (χ4n) is 5.98.